The molecule has 1 aliphatic rings. The largest absolute Gasteiger partial charge is 0.469 e. The zero-order valence-electron chi connectivity index (χ0n) is 7.83. The Kier molecular flexibility index (Phi) is 1.87. The van der Waals surface area contributed by atoms with E-state index >= 15 is 0 Å². The lowest BCUT2D eigenvalue weighted by molar-refractivity contribution is -0.119. The van der Waals surface area contributed by atoms with E-state index in [0.29, 0.717) is 6.42 Å². The number of carbonyl (C=O) groups is 1. The molecule has 3 heteroatoms. The highest BCUT2D eigenvalue weighted by atomic mass is 16.3. The second-order valence-corrected chi connectivity index (χ2v) is 3.60. The number of hydrogen-bond donors (Lipinski definition) is 1. The van der Waals surface area contributed by atoms with Crippen LogP contribution < -0.4 is 5.32 Å². The molecule has 2 atom stereocenters. The maximum absolute atomic E-state index is 11.1. The van der Waals surface area contributed by atoms with Crippen LogP contribution >= 0.6 is 0 Å². The Morgan fingerprint density at radius 1 is 1.62 bits per heavy atom. The van der Waals surface area contributed by atoms with Gasteiger partial charge in [0.2, 0.25) is 5.91 Å². The Morgan fingerprint density at radius 3 is 2.85 bits per heavy atom. The third kappa shape index (κ3) is 1.34. The summed E-state index contributed by atoms with van der Waals surface area (Å²) < 4.78 is 5.22. The third-order valence-corrected chi connectivity index (χ3v) is 2.70. The second-order valence-electron chi connectivity index (χ2n) is 3.60. The highest BCUT2D eigenvalue weighted by molar-refractivity contribution is 5.80. The highest BCUT2D eigenvalue weighted by Gasteiger charge is 2.31. The van der Waals surface area contributed by atoms with Gasteiger partial charge in [-0.1, -0.05) is 0 Å². The molecule has 0 aliphatic carbocycles. The van der Waals surface area contributed by atoms with Crippen molar-refractivity contribution in [3.63, 3.8) is 0 Å². The molecule has 1 saturated heterocycles. The van der Waals surface area contributed by atoms with Crippen LogP contribution in [0.4, 0.5) is 0 Å². The Balaban J connectivity index is 2.27. The van der Waals surface area contributed by atoms with Crippen LogP contribution in [0.3, 0.4) is 0 Å². The summed E-state index contributed by atoms with van der Waals surface area (Å²) in [4.78, 5) is 11.1. The molecule has 2 heterocycles. The minimum atomic E-state index is 0.137. The minimum Gasteiger partial charge on any atom is -0.469 e. The van der Waals surface area contributed by atoms with E-state index in [0.717, 1.165) is 11.3 Å². The minimum absolute atomic E-state index is 0.137. The summed E-state index contributed by atoms with van der Waals surface area (Å²) in [6, 6.07) is 2.18. The fourth-order valence-corrected chi connectivity index (χ4v) is 1.95. The van der Waals surface area contributed by atoms with Gasteiger partial charge in [0, 0.05) is 18.4 Å². The number of carbonyl (C=O) groups excluding carboxylic acids is 1. The van der Waals surface area contributed by atoms with Crippen LogP contribution in [0.5, 0.6) is 0 Å². The molecule has 0 radical (unpaired) electrons. The van der Waals surface area contributed by atoms with Crippen LogP contribution in [0.25, 0.3) is 0 Å². The van der Waals surface area contributed by atoms with E-state index in [2.05, 4.69) is 5.32 Å². The molecule has 3 nitrogen and oxygen atoms in total. The summed E-state index contributed by atoms with van der Waals surface area (Å²) in [5.74, 6) is 1.35. The summed E-state index contributed by atoms with van der Waals surface area (Å²) in [5.41, 5.74) is 1.16. The predicted octanol–water partition coefficient (Wildman–Crippen LogP) is 1.58. The molecule has 0 aromatic carbocycles. The van der Waals surface area contributed by atoms with Gasteiger partial charge in [-0.15, -0.1) is 0 Å². The number of furan rings is 1. The summed E-state index contributed by atoms with van der Waals surface area (Å²) in [6.45, 7) is 3.97. The highest BCUT2D eigenvalue weighted by Crippen LogP contribution is 2.30. The van der Waals surface area contributed by atoms with Gasteiger partial charge in [-0.25, -0.2) is 0 Å². The smallest absolute Gasteiger partial charge is 0.220 e. The number of aryl methyl sites for hydroxylation is 1. The maximum atomic E-state index is 11.1. The number of amides is 1. The average Bonchev–Trinajstić information content (AvgIpc) is 2.58. The summed E-state index contributed by atoms with van der Waals surface area (Å²) in [6.07, 6.45) is 2.27. The first-order chi connectivity index (χ1) is 6.18. The maximum Gasteiger partial charge on any atom is 0.220 e. The third-order valence-electron chi connectivity index (χ3n) is 2.70. The number of hydrogen-bond acceptors (Lipinski definition) is 2. The van der Waals surface area contributed by atoms with Crippen molar-refractivity contribution in [3.8, 4) is 0 Å². The number of nitrogens with one attached hydrogen (secondary N) is 1. The Hall–Kier alpha value is -1.25. The number of rotatable bonds is 1. The van der Waals surface area contributed by atoms with E-state index in [1.54, 1.807) is 6.26 Å². The topological polar surface area (TPSA) is 42.2 Å². The molecule has 2 rings (SSSR count). The lowest BCUT2D eigenvalue weighted by atomic mass is 9.93. The first-order valence-corrected chi connectivity index (χ1v) is 4.52. The second kappa shape index (κ2) is 2.91. The molecule has 70 valence electrons. The van der Waals surface area contributed by atoms with Gasteiger partial charge < -0.3 is 9.73 Å². The molecular weight excluding hydrogens is 166 g/mol. The van der Waals surface area contributed by atoms with E-state index in [1.165, 1.54) is 0 Å². The Bertz CT molecular complexity index is 329. The van der Waals surface area contributed by atoms with E-state index < -0.39 is 0 Å². The van der Waals surface area contributed by atoms with Crippen LogP contribution in [0.15, 0.2) is 16.7 Å². The van der Waals surface area contributed by atoms with Gasteiger partial charge >= 0.3 is 0 Å². The molecule has 13 heavy (non-hydrogen) atoms. The zero-order chi connectivity index (χ0) is 9.42. The van der Waals surface area contributed by atoms with Gasteiger partial charge in [-0.05, 0) is 25.5 Å². The van der Waals surface area contributed by atoms with Gasteiger partial charge in [0.15, 0.2) is 0 Å². The van der Waals surface area contributed by atoms with Crippen molar-refractivity contribution >= 4 is 5.91 Å². The fourth-order valence-electron chi connectivity index (χ4n) is 1.95. The summed E-state index contributed by atoms with van der Waals surface area (Å²) >= 11 is 0. The van der Waals surface area contributed by atoms with E-state index in [4.69, 9.17) is 4.42 Å². The zero-order valence-corrected chi connectivity index (χ0v) is 7.83. The van der Waals surface area contributed by atoms with Gasteiger partial charge in [0.05, 0.1) is 6.26 Å². The van der Waals surface area contributed by atoms with Crippen LogP contribution in [0, 0.1) is 6.92 Å². The summed E-state index contributed by atoms with van der Waals surface area (Å²) in [7, 11) is 0. The average molecular weight is 179 g/mol. The van der Waals surface area contributed by atoms with E-state index in [1.807, 2.05) is 19.9 Å². The SMILES string of the molecule is Cc1occc1C1CC(=O)NC1C. The van der Waals surface area contributed by atoms with Crippen molar-refractivity contribution in [2.24, 2.45) is 0 Å². The molecule has 0 bridgehead atoms. The van der Waals surface area contributed by atoms with Crippen molar-refractivity contribution in [1.29, 1.82) is 0 Å². The van der Waals surface area contributed by atoms with Crippen molar-refractivity contribution in [1.82, 2.24) is 5.32 Å². The van der Waals surface area contributed by atoms with E-state index in [-0.39, 0.29) is 17.9 Å². The molecule has 1 amide bonds. The molecule has 1 N–H and O–H groups in total. The van der Waals surface area contributed by atoms with Gasteiger partial charge in [0.1, 0.15) is 5.76 Å². The molecule has 1 aromatic rings. The Labute approximate surface area is 77.1 Å². The van der Waals surface area contributed by atoms with Crippen molar-refractivity contribution in [2.45, 2.75) is 32.2 Å². The van der Waals surface area contributed by atoms with Crippen LogP contribution in [0.2, 0.25) is 0 Å². The molecule has 1 aromatic heterocycles. The van der Waals surface area contributed by atoms with E-state index in [9.17, 15) is 4.79 Å². The molecule has 1 fully saturated rings. The van der Waals surface area contributed by atoms with Gasteiger partial charge in [-0.2, -0.15) is 0 Å². The first-order valence-electron chi connectivity index (χ1n) is 4.52. The van der Waals surface area contributed by atoms with Crippen molar-refractivity contribution in [2.75, 3.05) is 0 Å². The monoisotopic (exact) mass is 179 g/mol. The van der Waals surface area contributed by atoms with Crippen LogP contribution in [0.1, 0.15) is 30.6 Å². The Morgan fingerprint density at radius 2 is 2.38 bits per heavy atom. The molecule has 2 unspecified atom stereocenters. The molecule has 0 spiro atoms. The van der Waals surface area contributed by atoms with Crippen molar-refractivity contribution in [3.05, 3.63) is 23.7 Å². The summed E-state index contributed by atoms with van der Waals surface area (Å²) in [5, 5.41) is 2.90. The van der Waals surface area contributed by atoms with Crippen LogP contribution in [-0.4, -0.2) is 11.9 Å². The van der Waals surface area contributed by atoms with Gasteiger partial charge in [-0.3, -0.25) is 4.79 Å². The quantitative estimate of drug-likeness (QED) is 0.711. The molecule has 1 aliphatic heterocycles. The molecule has 0 saturated carbocycles. The van der Waals surface area contributed by atoms with Crippen molar-refractivity contribution < 1.29 is 9.21 Å². The standard InChI is InChI=1S/C10H13NO2/c1-6-9(5-10(12)11-6)8-3-4-13-7(8)2/h3-4,6,9H,5H2,1-2H3,(H,11,12). The first kappa shape index (κ1) is 8.35. The normalized spacial score (nSPS) is 27.7. The predicted molar refractivity (Wildman–Crippen MR) is 48.4 cm³/mol. The van der Waals surface area contributed by atoms with Gasteiger partial charge in [0.25, 0.3) is 0 Å². The molecular formula is C10H13NO2. The lowest BCUT2D eigenvalue weighted by Crippen LogP contribution is -2.24. The van der Waals surface area contributed by atoms with Crippen LogP contribution in [-0.2, 0) is 4.79 Å². The fraction of sp³-hybridized carbons (Fsp3) is 0.500. The lowest BCUT2D eigenvalue weighted by Gasteiger charge is -2.12.